The molecule has 1 aromatic heterocycles. The van der Waals surface area contributed by atoms with E-state index in [4.69, 9.17) is 0 Å². The number of hydrogen-bond acceptors (Lipinski definition) is 5. The van der Waals surface area contributed by atoms with Gasteiger partial charge in [-0.15, -0.1) is 0 Å². The van der Waals surface area contributed by atoms with Crippen molar-refractivity contribution in [1.82, 2.24) is 19.2 Å². The Hall–Kier alpha value is -2.39. The van der Waals surface area contributed by atoms with E-state index < -0.39 is 10.0 Å². The first-order chi connectivity index (χ1) is 16.2. The number of hydrogen-bond donors (Lipinski definition) is 2. The van der Waals surface area contributed by atoms with Crippen LogP contribution in [0.4, 0.5) is 5.69 Å². The third-order valence-corrected chi connectivity index (χ3v) is 8.76. The van der Waals surface area contributed by atoms with Gasteiger partial charge in [-0.2, -0.15) is 4.31 Å². The first kappa shape index (κ1) is 24.7. The van der Waals surface area contributed by atoms with Gasteiger partial charge in [0.25, 0.3) is 5.91 Å². The molecular formula is C25H37N5O3S. The number of aromatic nitrogens is 2. The lowest BCUT2D eigenvalue weighted by Gasteiger charge is -2.36. The van der Waals surface area contributed by atoms with Crippen molar-refractivity contribution in [1.29, 1.82) is 0 Å². The van der Waals surface area contributed by atoms with Crippen LogP contribution in [-0.4, -0.2) is 53.9 Å². The second kappa shape index (κ2) is 10.5. The van der Waals surface area contributed by atoms with E-state index in [9.17, 15) is 13.2 Å². The van der Waals surface area contributed by atoms with Crippen molar-refractivity contribution in [3.05, 3.63) is 42.5 Å². The minimum Gasteiger partial charge on any atom is -0.382 e. The number of aryl methyl sites for hydroxylation is 1. The molecule has 34 heavy (non-hydrogen) atoms. The Morgan fingerprint density at radius 2 is 1.97 bits per heavy atom. The van der Waals surface area contributed by atoms with Gasteiger partial charge in [-0.3, -0.25) is 4.79 Å². The summed E-state index contributed by atoms with van der Waals surface area (Å²) >= 11 is 0. The van der Waals surface area contributed by atoms with E-state index in [-0.39, 0.29) is 22.3 Å². The van der Waals surface area contributed by atoms with Gasteiger partial charge in [0.2, 0.25) is 10.0 Å². The van der Waals surface area contributed by atoms with Crippen LogP contribution in [0.15, 0.2) is 41.8 Å². The van der Waals surface area contributed by atoms with Gasteiger partial charge in [0.15, 0.2) is 0 Å². The van der Waals surface area contributed by atoms with Crippen LogP contribution < -0.4 is 10.6 Å². The second-order valence-corrected chi connectivity index (χ2v) is 12.3. The molecule has 1 aliphatic carbocycles. The highest BCUT2D eigenvalue weighted by Crippen LogP contribution is 2.37. The molecule has 2 aliphatic rings. The van der Waals surface area contributed by atoms with Gasteiger partial charge in [0.05, 0.1) is 11.2 Å². The van der Waals surface area contributed by atoms with Crippen LogP contribution in [0.5, 0.6) is 0 Å². The number of nitrogens with zero attached hydrogens (tertiary/aromatic N) is 3. The van der Waals surface area contributed by atoms with Crippen molar-refractivity contribution in [2.24, 2.45) is 5.41 Å². The molecule has 1 atom stereocenters. The van der Waals surface area contributed by atoms with Gasteiger partial charge in [0.1, 0.15) is 0 Å². The van der Waals surface area contributed by atoms with Crippen LogP contribution in [-0.2, 0) is 16.6 Å². The smallest absolute Gasteiger partial charge is 0.251 e. The normalized spacial score (nSPS) is 20.8. The summed E-state index contributed by atoms with van der Waals surface area (Å²) in [5.74, 6) is -0.254. The van der Waals surface area contributed by atoms with Gasteiger partial charge in [-0.05, 0) is 62.1 Å². The molecule has 0 unspecified atom stereocenters. The van der Waals surface area contributed by atoms with Crippen molar-refractivity contribution in [3.63, 3.8) is 0 Å². The van der Waals surface area contributed by atoms with E-state index in [0.29, 0.717) is 30.9 Å². The number of carbonyl (C=O) groups is 1. The Morgan fingerprint density at radius 1 is 1.18 bits per heavy atom. The van der Waals surface area contributed by atoms with E-state index in [1.54, 1.807) is 24.7 Å². The predicted molar refractivity (Wildman–Crippen MR) is 133 cm³/mol. The zero-order chi connectivity index (χ0) is 24.2. The lowest BCUT2D eigenvalue weighted by Crippen LogP contribution is -2.32. The molecule has 1 amide bonds. The molecule has 8 nitrogen and oxygen atoms in total. The fraction of sp³-hybridized carbons (Fsp3) is 0.600. The number of rotatable bonds is 9. The predicted octanol–water partition coefficient (Wildman–Crippen LogP) is 3.87. The summed E-state index contributed by atoms with van der Waals surface area (Å²) in [6, 6.07) is 5.27. The molecule has 1 saturated carbocycles. The van der Waals surface area contributed by atoms with Crippen LogP contribution in [0.3, 0.4) is 0 Å². The van der Waals surface area contributed by atoms with Crippen molar-refractivity contribution in [2.45, 2.75) is 76.3 Å². The standard InChI is InChI=1S/C25H37N5O3S/c1-25(2)8-5-7-21(18-25)28-22-15-20(24(31)27-9-6-11-29-14-10-26-19-29)16-23(17-22)34(32,33)30-12-3-4-13-30/h10,14-17,19,21,28H,3-9,11-13,18H2,1-2H3,(H,27,31)/t21-/m0/s1. The van der Waals surface area contributed by atoms with Gasteiger partial charge in [0, 0.05) is 55.9 Å². The average Bonchev–Trinajstić information content (AvgIpc) is 3.50. The summed E-state index contributed by atoms with van der Waals surface area (Å²) < 4.78 is 30.1. The number of nitrogens with one attached hydrogen (secondary N) is 2. The first-order valence-electron chi connectivity index (χ1n) is 12.4. The van der Waals surface area contributed by atoms with Crippen molar-refractivity contribution in [2.75, 3.05) is 25.0 Å². The zero-order valence-electron chi connectivity index (χ0n) is 20.3. The van der Waals surface area contributed by atoms with Crippen molar-refractivity contribution < 1.29 is 13.2 Å². The van der Waals surface area contributed by atoms with Gasteiger partial charge < -0.3 is 15.2 Å². The molecule has 2 fully saturated rings. The molecule has 2 aromatic rings. The van der Waals surface area contributed by atoms with Gasteiger partial charge >= 0.3 is 0 Å². The van der Waals surface area contributed by atoms with E-state index in [1.807, 2.05) is 10.8 Å². The highest BCUT2D eigenvalue weighted by molar-refractivity contribution is 7.89. The number of carbonyl (C=O) groups excluding carboxylic acids is 1. The third-order valence-electron chi connectivity index (χ3n) is 6.89. The number of amides is 1. The largest absolute Gasteiger partial charge is 0.382 e. The first-order valence-corrected chi connectivity index (χ1v) is 13.8. The van der Waals surface area contributed by atoms with E-state index in [2.05, 4.69) is 29.5 Å². The lowest BCUT2D eigenvalue weighted by molar-refractivity contribution is 0.0952. The Labute approximate surface area is 203 Å². The summed E-state index contributed by atoms with van der Waals surface area (Å²) in [6.07, 6.45) is 12.3. The molecule has 2 N–H and O–H groups in total. The van der Waals surface area contributed by atoms with Crippen molar-refractivity contribution in [3.8, 4) is 0 Å². The quantitative estimate of drug-likeness (QED) is 0.524. The van der Waals surface area contributed by atoms with Crippen LogP contribution in [0, 0.1) is 5.41 Å². The summed E-state index contributed by atoms with van der Waals surface area (Å²) in [4.78, 5) is 17.2. The highest BCUT2D eigenvalue weighted by atomic mass is 32.2. The van der Waals surface area contributed by atoms with Crippen LogP contribution in [0.25, 0.3) is 0 Å². The molecule has 0 bridgehead atoms. The lowest BCUT2D eigenvalue weighted by atomic mass is 9.75. The number of imidazole rings is 1. The molecule has 1 aromatic carbocycles. The van der Waals surface area contributed by atoms with Crippen LogP contribution in [0.1, 0.15) is 69.2 Å². The molecule has 0 spiro atoms. The SMILES string of the molecule is CC1(C)CCC[C@H](Nc2cc(C(=O)NCCCn3ccnc3)cc(S(=O)(=O)N3CCCC3)c2)C1. The van der Waals surface area contributed by atoms with E-state index in [1.165, 1.54) is 16.8 Å². The molecule has 0 radical (unpaired) electrons. The Bertz CT molecular complexity index is 1080. The molecule has 186 valence electrons. The maximum Gasteiger partial charge on any atom is 0.251 e. The molecule has 9 heteroatoms. The van der Waals surface area contributed by atoms with Gasteiger partial charge in [-0.1, -0.05) is 20.3 Å². The Morgan fingerprint density at radius 3 is 2.68 bits per heavy atom. The Kier molecular flexibility index (Phi) is 7.62. The molecule has 1 saturated heterocycles. The number of sulfonamides is 1. The summed E-state index contributed by atoms with van der Waals surface area (Å²) in [7, 11) is -3.63. The number of anilines is 1. The summed E-state index contributed by atoms with van der Waals surface area (Å²) in [5, 5.41) is 6.49. The summed E-state index contributed by atoms with van der Waals surface area (Å²) in [6.45, 7) is 6.88. The average molecular weight is 488 g/mol. The fourth-order valence-corrected chi connectivity index (χ4v) is 6.67. The second-order valence-electron chi connectivity index (χ2n) is 10.4. The molecule has 4 rings (SSSR count). The summed E-state index contributed by atoms with van der Waals surface area (Å²) in [5.41, 5.74) is 1.33. The van der Waals surface area contributed by atoms with E-state index in [0.717, 1.165) is 45.1 Å². The number of benzene rings is 1. The van der Waals surface area contributed by atoms with Crippen molar-refractivity contribution >= 4 is 21.6 Å². The van der Waals surface area contributed by atoms with E-state index >= 15 is 0 Å². The third kappa shape index (κ3) is 6.18. The topological polar surface area (TPSA) is 96.3 Å². The minimum atomic E-state index is -3.63. The maximum absolute atomic E-state index is 13.3. The minimum absolute atomic E-state index is 0.193. The van der Waals surface area contributed by atoms with Gasteiger partial charge in [-0.25, -0.2) is 13.4 Å². The fourth-order valence-electron chi connectivity index (χ4n) is 5.08. The monoisotopic (exact) mass is 487 g/mol. The molecule has 2 heterocycles. The molecule has 1 aliphatic heterocycles. The molecular weight excluding hydrogens is 450 g/mol. The van der Waals surface area contributed by atoms with Crippen LogP contribution >= 0.6 is 0 Å². The van der Waals surface area contributed by atoms with Crippen LogP contribution in [0.2, 0.25) is 0 Å². The zero-order valence-corrected chi connectivity index (χ0v) is 21.1. The Balaban J connectivity index is 1.51. The highest BCUT2D eigenvalue weighted by Gasteiger charge is 2.30. The maximum atomic E-state index is 13.3.